The highest BCUT2D eigenvalue weighted by Crippen LogP contribution is 2.35. The van der Waals surface area contributed by atoms with Crippen LogP contribution in [0.15, 0.2) is 24.3 Å². The van der Waals surface area contributed by atoms with Crippen LogP contribution in [-0.2, 0) is 4.74 Å². The molecule has 1 saturated heterocycles. The lowest BCUT2D eigenvalue weighted by Crippen LogP contribution is -3.13. The van der Waals surface area contributed by atoms with Crippen molar-refractivity contribution in [1.29, 1.82) is 0 Å². The molecule has 0 atom stereocenters. The molecule has 112 valence electrons. The van der Waals surface area contributed by atoms with Crippen LogP contribution in [0, 0.1) is 0 Å². The van der Waals surface area contributed by atoms with Gasteiger partial charge in [0.25, 0.3) is 0 Å². The minimum absolute atomic E-state index is 0.294. The third-order valence-electron chi connectivity index (χ3n) is 3.97. The molecule has 0 unspecified atom stereocenters. The zero-order chi connectivity index (χ0) is 14.7. The van der Waals surface area contributed by atoms with Crippen LogP contribution >= 0.6 is 22.9 Å². The van der Waals surface area contributed by atoms with Crippen LogP contribution in [0.4, 0.5) is 0 Å². The smallest absolute Gasteiger partial charge is 0.350 e. The van der Waals surface area contributed by atoms with Crippen molar-refractivity contribution in [2.75, 3.05) is 26.2 Å². The summed E-state index contributed by atoms with van der Waals surface area (Å²) in [5.74, 6) is -0.294. The predicted octanol–water partition coefficient (Wildman–Crippen LogP) is 2.78. The number of fused-ring (bicyclic) bond motifs is 1. The molecule has 0 bridgehead atoms. The predicted molar refractivity (Wildman–Crippen MR) is 86.5 cm³/mol. The van der Waals surface area contributed by atoms with Crippen molar-refractivity contribution in [3.63, 3.8) is 0 Å². The molecule has 3 nitrogen and oxygen atoms in total. The van der Waals surface area contributed by atoms with Crippen molar-refractivity contribution in [3.8, 4) is 0 Å². The highest BCUT2D eigenvalue weighted by atomic mass is 35.5. The second-order valence-electron chi connectivity index (χ2n) is 5.44. The van der Waals surface area contributed by atoms with Gasteiger partial charge in [-0.3, -0.25) is 0 Å². The number of nitrogens with one attached hydrogen (secondary N) is 1. The normalized spacial score (nSPS) is 16.2. The molecule has 0 amide bonds. The Bertz CT molecular complexity index is 634. The van der Waals surface area contributed by atoms with Crippen LogP contribution < -0.4 is 4.90 Å². The van der Waals surface area contributed by atoms with E-state index in [0.717, 1.165) is 16.6 Å². The summed E-state index contributed by atoms with van der Waals surface area (Å²) < 4.78 is 6.43. The van der Waals surface area contributed by atoms with Gasteiger partial charge < -0.3 is 9.64 Å². The van der Waals surface area contributed by atoms with Gasteiger partial charge in [-0.2, -0.15) is 0 Å². The number of ether oxygens (including phenoxy) is 1. The zero-order valence-electron chi connectivity index (χ0n) is 11.9. The van der Waals surface area contributed by atoms with E-state index in [2.05, 4.69) is 0 Å². The van der Waals surface area contributed by atoms with Gasteiger partial charge in [0.2, 0.25) is 0 Å². The van der Waals surface area contributed by atoms with Gasteiger partial charge in [0.1, 0.15) is 18.0 Å². The lowest BCUT2D eigenvalue weighted by molar-refractivity contribution is -0.905. The molecule has 0 spiro atoms. The van der Waals surface area contributed by atoms with Gasteiger partial charge in [0.05, 0.1) is 18.1 Å². The quantitative estimate of drug-likeness (QED) is 0.877. The van der Waals surface area contributed by atoms with Gasteiger partial charge in [-0.15, -0.1) is 11.3 Å². The Morgan fingerprint density at radius 1 is 1.24 bits per heavy atom. The fraction of sp³-hybridized carbons (Fsp3) is 0.438. The summed E-state index contributed by atoms with van der Waals surface area (Å²) in [7, 11) is 0. The Hall–Kier alpha value is -1.10. The molecule has 0 aliphatic carbocycles. The lowest BCUT2D eigenvalue weighted by atomic mass is 10.1. The first-order valence-corrected chi connectivity index (χ1v) is 8.63. The van der Waals surface area contributed by atoms with Crippen molar-refractivity contribution in [3.05, 3.63) is 34.2 Å². The maximum atomic E-state index is 12.2. The average molecular weight is 325 g/mol. The van der Waals surface area contributed by atoms with E-state index in [0.29, 0.717) is 16.5 Å². The number of thiophene rings is 1. The van der Waals surface area contributed by atoms with Crippen LogP contribution in [0.3, 0.4) is 0 Å². The Morgan fingerprint density at radius 3 is 2.76 bits per heavy atom. The molecule has 21 heavy (non-hydrogen) atoms. The first-order valence-electron chi connectivity index (χ1n) is 7.43. The number of carbonyl (C=O) groups is 1. The number of carbonyl (C=O) groups excluding carboxylic acids is 1. The molecule has 2 aromatic rings. The van der Waals surface area contributed by atoms with E-state index in [-0.39, 0.29) is 5.97 Å². The van der Waals surface area contributed by atoms with Crippen molar-refractivity contribution in [2.24, 2.45) is 0 Å². The van der Waals surface area contributed by atoms with E-state index in [1.165, 1.54) is 48.6 Å². The van der Waals surface area contributed by atoms with Crippen LogP contribution in [0.25, 0.3) is 10.1 Å². The molecular weight excluding hydrogens is 306 g/mol. The number of likely N-dealkylation sites (tertiary alicyclic amines) is 1. The molecule has 3 rings (SSSR count). The average Bonchev–Trinajstić information content (AvgIpc) is 2.86. The molecular formula is C16H19ClNO2S+. The summed E-state index contributed by atoms with van der Waals surface area (Å²) in [6, 6.07) is 7.78. The number of piperidine rings is 1. The summed E-state index contributed by atoms with van der Waals surface area (Å²) in [4.78, 5) is 14.2. The largest absolute Gasteiger partial charge is 0.455 e. The third-order valence-corrected chi connectivity index (χ3v) is 5.63. The summed E-state index contributed by atoms with van der Waals surface area (Å²) in [6.07, 6.45) is 3.90. The highest BCUT2D eigenvalue weighted by molar-refractivity contribution is 7.21. The van der Waals surface area contributed by atoms with E-state index in [1.807, 2.05) is 24.3 Å². The van der Waals surface area contributed by atoms with E-state index >= 15 is 0 Å². The first-order chi connectivity index (χ1) is 10.3. The van der Waals surface area contributed by atoms with Gasteiger partial charge in [-0.05, 0) is 25.3 Å². The second-order valence-corrected chi connectivity index (χ2v) is 6.87. The van der Waals surface area contributed by atoms with Gasteiger partial charge in [0, 0.05) is 10.1 Å². The van der Waals surface area contributed by atoms with Gasteiger partial charge in [0.15, 0.2) is 0 Å². The van der Waals surface area contributed by atoms with Crippen LogP contribution in [0.2, 0.25) is 5.02 Å². The Kier molecular flexibility index (Phi) is 4.78. The number of halogens is 1. The first kappa shape index (κ1) is 14.8. The molecule has 0 radical (unpaired) electrons. The number of hydrogen-bond donors (Lipinski definition) is 1. The summed E-state index contributed by atoms with van der Waals surface area (Å²) in [5.41, 5.74) is 0. The van der Waals surface area contributed by atoms with E-state index in [9.17, 15) is 4.79 Å². The van der Waals surface area contributed by atoms with Crippen molar-refractivity contribution in [2.45, 2.75) is 19.3 Å². The standard InChI is InChI=1S/C16H18ClNO2S/c17-14-12-6-2-3-7-13(12)21-15(14)16(19)20-11-10-18-8-4-1-5-9-18/h2-3,6-7H,1,4-5,8-11H2/p+1. The van der Waals surface area contributed by atoms with E-state index in [1.54, 1.807) is 0 Å². The Morgan fingerprint density at radius 2 is 2.00 bits per heavy atom. The number of benzene rings is 1. The van der Waals surface area contributed by atoms with E-state index < -0.39 is 0 Å². The maximum Gasteiger partial charge on any atom is 0.350 e. The molecule has 1 aromatic carbocycles. The van der Waals surface area contributed by atoms with E-state index in [4.69, 9.17) is 16.3 Å². The fourth-order valence-electron chi connectivity index (χ4n) is 2.80. The van der Waals surface area contributed by atoms with Crippen LogP contribution in [0.1, 0.15) is 28.9 Å². The molecule has 1 N–H and O–H groups in total. The van der Waals surface area contributed by atoms with Crippen molar-refractivity contribution in [1.82, 2.24) is 0 Å². The van der Waals surface area contributed by atoms with Gasteiger partial charge in [-0.1, -0.05) is 29.8 Å². The number of hydrogen-bond acceptors (Lipinski definition) is 3. The Labute approximate surface area is 133 Å². The number of quaternary nitrogens is 1. The number of rotatable bonds is 4. The van der Waals surface area contributed by atoms with Crippen LogP contribution in [0.5, 0.6) is 0 Å². The van der Waals surface area contributed by atoms with Gasteiger partial charge >= 0.3 is 5.97 Å². The highest BCUT2D eigenvalue weighted by Gasteiger charge is 2.19. The minimum atomic E-state index is -0.294. The summed E-state index contributed by atoms with van der Waals surface area (Å²) in [5, 5.41) is 1.45. The SMILES string of the molecule is O=C(OCC[NH+]1CCCCC1)c1sc2ccccc2c1Cl. The monoisotopic (exact) mass is 324 g/mol. The Balaban J connectivity index is 1.60. The summed E-state index contributed by atoms with van der Waals surface area (Å²) >= 11 is 7.69. The minimum Gasteiger partial charge on any atom is -0.455 e. The lowest BCUT2D eigenvalue weighted by Gasteiger charge is -2.23. The molecule has 5 heteroatoms. The topological polar surface area (TPSA) is 30.7 Å². The molecule has 1 fully saturated rings. The maximum absolute atomic E-state index is 12.2. The zero-order valence-corrected chi connectivity index (χ0v) is 13.4. The van der Waals surface area contributed by atoms with Crippen molar-refractivity contribution >= 4 is 39.0 Å². The molecule has 1 aliphatic rings. The van der Waals surface area contributed by atoms with Crippen molar-refractivity contribution < 1.29 is 14.4 Å². The summed E-state index contributed by atoms with van der Waals surface area (Å²) in [6.45, 7) is 3.76. The molecule has 0 saturated carbocycles. The molecule has 2 heterocycles. The van der Waals surface area contributed by atoms with Gasteiger partial charge in [-0.25, -0.2) is 4.79 Å². The third kappa shape index (κ3) is 3.39. The molecule has 1 aliphatic heterocycles. The fourth-order valence-corrected chi connectivity index (χ4v) is 4.20. The molecule has 1 aromatic heterocycles. The second kappa shape index (κ2) is 6.77. The number of esters is 1. The van der Waals surface area contributed by atoms with Crippen LogP contribution in [-0.4, -0.2) is 32.2 Å².